The molecule has 6 nitrogen and oxygen atoms in total. The molecular weight excluding hydrogens is 449 g/mol. The fourth-order valence-corrected chi connectivity index (χ4v) is 4.49. The molecule has 0 aromatic heterocycles. The van der Waals surface area contributed by atoms with E-state index in [1.807, 2.05) is 12.1 Å². The molecule has 0 aliphatic carbocycles. The number of fused-ring (bicyclic) bond motifs is 1. The summed E-state index contributed by atoms with van der Waals surface area (Å²) in [4.78, 5) is 41.7. The maximum Gasteiger partial charge on any atom is 0.254 e. The second-order valence-electron chi connectivity index (χ2n) is 7.35. The Balaban J connectivity index is 1.46. The van der Waals surface area contributed by atoms with Gasteiger partial charge in [0.1, 0.15) is 12.1 Å². The van der Waals surface area contributed by atoms with E-state index in [9.17, 15) is 14.4 Å². The van der Waals surface area contributed by atoms with Crippen LogP contribution >= 0.6 is 34.8 Å². The van der Waals surface area contributed by atoms with Crippen LogP contribution in [0.25, 0.3) is 0 Å². The highest BCUT2D eigenvalue weighted by Gasteiger charge is 2.44. The lowest BCUT2D eigenvalue weighted by Gasteiger charge is -2.45. The quantitative estimate of drug-likeness (QED) is 0.756. The molecule has 2 aliphatic heterocycles. The minimum atomic E-state index is -0.716. The fourth-order valence-electron chi connectivity index (χ4n) is 3.84. The molecule has 2 heterocycles. The van der Waals surface area contributed by atoms with E-state index in [1.54, 1.807) is 28.0 Å². The Labute approximate surface area is 188 Å². The highest BCUT2D eigenvalue weighted by molar-refractivity contribution is 6.35. The number of hydrogen-bond donors (Lipinski definition) is 1. The van der Waals surface area contributed by atoms with E-state index >= 15 is 0 Å². The summed E-state index contributed by atoms with van der Waals surface area (Å²) in [5.74, 6) is -0.690. The van der Waals surface area contributed by atoms with Gasteiger partial charge in [0.25, 0.3) is 5.91 Å². The summed E-state index contributed by atoms with van der Waals surface area (Å²) in [6.07, 6.45) is 0.384. The van der Waals surface area contributed by atoms with Crippen molar-refractivity contribution in [2.24, 2.45) is 0 Å². The Morgan fingerprint density at radius 1 is 0.967 bits per heavy atom. The number of nitrogens with zero attached hydrogens (tertiary/aromatic N) is 2. The third-order valence-electron chi connectivity index (χ3n) is 5.33. The molecule has 2 fully saturated rings. The van der Waals surface area contributed by atoms with E-state index in [0.29, 0.717) is 33.6 Å². The Morgan fingerprint density at radius 3 is 2.30 bits per heavy atom. The summed E-state index contributed by atoms with van der Waals surface area (Å²) >= 11 is 17.9. The molecule has 0 spiro atoms. The first kappa shape index (κ1) is 21.0. The van der Waals surface area contributed by atoms with Crippen molar-refractivity contribution in [3.8, 4) is 0 Å². The largest absolute Gasteiger partial charge is 0.342 e. The van der Waals surface area contributed by atoms with Crippen LogP contribution in [-0.2, 0) is 16.0 Å². The maximum atomic E-state index is 13.0. The van der Waals surface area contributed by atoms with E-state index in [0.717, 1.165) is 5.56 Å². The highest BCUT2D eigenvalue weighted by atomic mass is 35.5. The van der Waals surface area contributed by atoms with Crippen molar-refractivity contribution in [2.75, 3.05) is 19.6 Å². The molecule has 0 unspecified atom stereocenters. The van der Waals surface area contributed by atoms with Crippen molar-refractivity contribution < 1.29 is 14.4 Å². The van der Waals surface area contributed by atoms with E-state index in [-0.39, 0.29) is 30.8 Å². The van der Waals surface area contributed by atoms with Crippen molar-refractivity contribution in [1.29, 1.82) is 0 Å². The van der Waals surface area contributed by atoms with E-state index in [1.165, 1.54) is 12.1 Å². The molecule has 0 bridgehead atoms. The summed E-state index contributed by atoms with van der Waals surface area (Å²) in [5.41, 5.74) is 1.26. The molecule has 2 aliphatic rings. The molecule has 2 atom stereocenters. The summed E-state index contributed by atoms with van der Waals surface area (Å²) in [7, 11) is 0. The molecule has 2 aromatic rings. The number of benzene rings is 2. The topological polar surface area (TPSA) is 69.7 Å². The van der Waals surface area contributed by atoms with Gasteiger partial charge in [-0.2, -0.15) is 0 Å². The highest BCUT2D eigenvalue weighted by Crippen LogP contribution is 2.23. The monoisotopic (exact) mass is 465 g/mol. The van der Waals surface area contributed by atoms with Crippen molar-refractivity contribution in [3.05, 3.63) is 68.7 Å². The van der Waals surface area contributed by atoms with Crippen LogP contribution in [0.1, 0.15) is 15.9 Å². The van der Waals surface area contributed by atoms with Crippen molar-refractivity contribution in [1.82, 2.24) is 15.1 Å². The first-order valence-electron chi connectivity index (χ1n) is 9.42. The molecule has 4 rings (SSSR count). The molecule has 1 N–H and O–H groups in total. The summed E-state index contributed by atoms with van der Waals surface area (Å²) < 4.78 is 0. The zero-order valence-corrected chi connectivity index (χ0v) is 18.0. The average molecular weight is 467 g/mol. The number of halogens is 3. The van der Waals surface area contributed by atoms with Crippen LogP contribution in [0.2, 0.25) is 15.1 Å². The zero-order valence-electron chi connectivity index (χ0n) is 15.8. The summed E-state index contributed by atoms with van der Waals surface area (Å²) in [6.45, 7) is 0.731. The fraction of sp³-hybridized carbons (Fsp3) is 0.286. The summed E-state index contributed by atoms with van der Waals surface area (Å²) in [5, 5.41) is 4.14. The second-order valence-corrected chi connectivity index (χ2v) is 8.66. The number of amides is 3. The number of hydrogen-bond acceptors (Lipinski definition) is 3. The van der Waals surface area contributed by atoms with Gasteiger partial charge in [0.15, 0.2) is 0 Å². The maximum absolute atomic E-state index is 13.0. The minimum absolute atomic E-state index is 0.119. The molecule has 0 radical (unpaired) electrons. The van der Waals surface area contributed by atoms with E-state index < -0.39 is 12.1 Å². The minimum Gasteiger partial charge on any atom is -0.342 e. The van der Waals surface area contributed by atoms with Gasteiger partial charge in [0, 0.05) is 40.1 Å². The number of carbonyl (C=O) groups excluding carboxylic acids is 3. The van der Waals surface area contributed by atoms with Crippen LogP contribution in [0.15, 0.2) is 42.5 Å². The number of nitrogens with one attached hydrogen (secondary N) is 1. The SMILES string of the molecule is O=C1N[C@@H](Cc2ccc(Cl)cc2)C(=O)N2CCN(C(=O)c3cc(Cl)cc(Cl)c3)C[C@H]12. The Morgan fingerprint density at radius 2 is 1.63 bits per heavy atom. The molecule has 3 amide bonds. The lowest BCUT2D eigenvalue weighted by Crippen LogP contribution is -2.70. The van der Waals surface area contributed by atoms with Gasteiger partial charge in [-0.15, -0.1) is 0 Å². The van der Waals surface area contributed by atoms with Crippen LogP contribution in [0.3, 0.4) is 0 Å². The third kappa shape index (κ3) is 4.26. The number of piperazine rings is 2. The number of rotatable bonds is 3. The van der Waals surface area contributed by atoms with Crippen molar-refractivity contribution in [3.63, 3.8) is 0 Å². The standard InChI is InChI=1S/C21H18Cl3N3O3/c22-14-3-1-12(2-4-14)7-17-21(30)27-6-5-26(11-18(27)19(28)25-17)20(29)13-8-15(23)10-16(24)9-13/h1-4,8-10,17-18H,5-7,11H2,(H,25,28)/t17-,18+/m0/s1. The van der Waals surface area contributed by atoms with E-state index in [2.05, 4.69) is 5.32 Å². The van der Waals surface area contributed by atoms with Crippen LogP contribution in [0.5, 0.6) is 0 Å². The van der Waals surface area contributed by atoms with E-state index in [4.69, 9.17) is 34.8 Å². The second kappa shape index (κ2) is 8.46. The van der Waals surface area contributed by atoms with Gasteiger partial charge in [-0.05, 0) is 35.9 Å². The lowest BCUT2D eigenvalue weighted by atomic mass is 9.98. The van der Waals surface area contributed by atoms with Crippen molar-refractivity contribution >= 4 is 52.5 Å². The third-order valence-corrected chi connectivity index (χ3v) is 6.02. The molecule has 156 valence electrons. The van der Waals surface area contributed by atoms with Gasteiger partial charge in [-0.3, -0.25) is 14.4 Å². The van der Waals surface area contributed by atoms with Crippen LogP contribution < -0.4 is 5.32 Å². The first-order chi connectivity index (χ1) is 14.3. The summed E-state index contributed by atoms with van der Waals surface area (Å²) in [6, 6.07) is 10.4. The van der Waals surface area contributed by atoms with Crippen LogP contribution in [0, 0.1) is 0 Å². The Bertz CT molecular complexity index is 992. The lowest BCUT2D eigenvalue weighted by molar-refractivity contribution is -0.152. The van der Waals surface area contributed by atoms with Gasteiger partial charge in [0.05, 0.1) is 6.54 Å². The van der Waals surface area contributed by atoms with Gasteiger partial charge < -0.3 is 15.1 Å². The molecule has 0 saturated carbocycles. The Kier molecular flexibility index (Phi) is 5.91. The molecule has 2 saturated heterocycles. The van der Waals surface area contributed by atoms with Gasteiger partial charge >= 0.3 is 0 Å². The van der Waals surface area contributed by atoms with Crippen LogP contribution in [0.4, 0.5) is 0 Å². The average Bonchev–Trinajstić information content (AvgIpc) is 2.72. The number of carbonyl (C=O) groups is 3. The predicted molar refractivity (Wildman–Crippen MR) is 115 cm³/mol. The predicted octanol–water partition coefficient (Wildman–Crippen LogP) is 3.04. The zero-order chi connectivity index (χ0) is 21.4. The molecule has 2 aromatic carbocycles. The van der Waals surface area contributed by atoms with Gasteiger partial charge in [0.2, 0.25) is 11.8 Å². The van der Waals surface area contributed by atoms with Gasteiger partial charge in [-0.25, -0.2) is 0 Å². The normalized spacial score (nSPS) is 21.3. The van der Waals surface area contributed by atoms with Crippen LogP contribution in [-0.4, -0.2) is 59.2 Å². The Hall–Kier alpha value is -2.28. The van der Waals surface area contributed by atoms with Gasteiger partial charge in [-0.1, -0.05) is 46.9 Å². The smallest absolute Gasteiger partial charge is 0.254 e. The molecular formula is C21H18Cl3N3O3. The first-order valence-corrected chi connectivity index (χ1v) is 10.6. The molecule has 9 heteroatoms. The van der Waals surface area contributed by atoms with Crippen molar-refractivity contribution in [2.45, 2.75) is 18.5 Å². The molecule has 30 heavy (non-hydrogen) atoms.